The van der Waals surface area contributed by atoms with E-state index in [0.29, 0.717) is 30.3 Å². The number of likely N-dealkylation sites (tertiary alicyclic amines) is 1. The molecule has 0 N–H and O–H groups in total. The monoisotopic (exact) mass is 366 g/mol. The predicted molar refractivity (Wildman–Crippen MR) is 100 cm³/mol. The number of hydrogen-bond donors (Lipinski definition) is 0. The van der Waals surface area contributed by atoms with Crippen molar-refractivity contribution >= 4 is 11.6 Å². The van der Waals surface area contributed by atoms with Gasteiger partial charge in [-0.2, -0.15) is 5.10 Å². The highest BCUT2D eigenvalue weighted by Crippen LogP contribution is 2.22. The van der Waals surface area contributed by atoms with E-state index in [0.717, 1.165) is 30.9 Å². The molecule has 140 valence electrons. The van der Waals surface area contributed by atoms with E-state index in [1.54, 1.807) is 36.3 Å². The molecule has 1 aliphatic rings. The molecule has 7 nitrogen and oxygen atoms in total. The molecule has 0 aliphatic carbocycles. The summed E-state index contributed by atoms with van der Waals surface area (Å²) in [6.07, 6.45) is 7.08. The van der Waals surface area contributed by atoms with Gasteiger partial charge in [0.15, 0.2) is 5.65 Å². The molecular formula is C20H22N4O3. The van der Waals surface area contributed by atoms with Crippen LogP contribution in [0.25, 0.3) is 5.65 Å². The lowest BCUT2D eigenvalue weighted by Gasteiger charge is -2.32. The van der Waals surface area contributed by atoms with Crippen molar-refractivity contribution in [3.8, 4) is 11.5 Å². The van der Waals surface area contributed by atoms with Gasteiger partial charge in [0, 0.05) is 31.4 Å². The molecule has 0 unspecified atom stereocenters. The molecule has 1 aliphatic heterocycles. The number of fused-ring (bicyclic) bond motifs is 1. The topological polar surface area (TPSA) is 69.0 Å². The number of carbonyl (C=O) groups excluding carboxylic acids is 1. The number of rotatable bonds is 5. The maximum Gasteiger partial charge on any atom is 0.259 e. The molecule has 0 bridgehead atoms. The number of nitrogens with zero attached hydrogens (tertiary/aromatic N) is 4. The van der Waals surface area contributed by atoms with Crippen molar-refractivity contribution in [1.82, 2.24) is 19.5 Å². The van der Waals surface area contributed by atoms with Crippen molar-refractivity contribution < 1.29 is 14.3 Å². The van der Waals surface area contributed by atoms with Gasteiger partial charge in [-0.15, -0.1) is 0 Å². The second kappa shape index (κ2) is 7.65. The van der Waals surface area contributed by atoms with Gasteiger partial charge in [-0.3, -0.25) is 4.79 Å². The van der Waals surface area contributed by atoms with Gasteiger partial charge < -0.3 is 14.4 Å². The van der Waals surface area contributed by atoms with Gasteiger partial charge in [0.2, 0.25) is 0 Å². The van der Waals surface area contributed by atoms with Crippen molar-refractivity contribution in [2.45, 2.75) is 12.8 Å². The van der Waals surface area contributed by atoms with E-state index in [1.165, 1.54) is 0 Å². The van der Waals surface area contributed by atoms with Crippen molar-refractivity contribution in [3.63, 3.8) is 0 Å². The Balaban J connectivity index is 1.39. The predicted octanol–water partition coefficient (Wildman–Crippen LogP) is 2.67. The summed E-state index contributed by atoms with van der Waals surface area (Å²) in [5.74, 6) is 1.90. The highest BCUT2D eigenvalue weighted by atomic mass is 16.5. The molecule has 2 aromatic heterocycles. The first kappa shape index (κ1) is 17.3. The molecule has 1 atom stereocenters. The minimum absolute atomic E-state index is 0.0159. The first-order valence-electron chi connectivity index (χ1n) is 9.09. The third-order valence-electron chi connectivity index (χ3n) is 4.86. The number of piperidine rings is 1. The molecule has 0 spiro atoms. The largest absolute Gasteiger partial charge is 0.497 e. The third-order valence-corrected chi connectivity index (χ3v) is 4.86. The number of ether oxygens (including phenoxy) is 2. The molecule has 0 radical (unpaired) electrons. The lowest BCUT2D eigenvalue weighted by atomic mass is 9.98. The van der Waals surface area contributed by atoms with Crippen LogP contribution in [0, 0.1) is 5.92 Å². The Morgan fingerprint density at radius 2 is 2.07 bits per heavy atom. The van der Waals surface area contributed by atoms with Crippen LogP contribution in [0.5, 0.6) is 11.5 Å². The summed E-state index contributed by atoms with van der Waals surface area (Å²) in [6.45, 7) is 2.02. The average molecular weight is 366 g/mol. The van der Waals surface area contributed by atoms with Gasteiger partial charge in [0.25, 0.3) is 5.91 Å². The average Bonchev–Trinajstić information content (AvgIpc) is 3.16. The fraction of sp³-hybridized carbons (Fsp3) is 0.350. The Kier molecular flexibility index (Phi) is 4.91. The quantitative estimate of drug-likeness (QED) is 0.694. The fourth-order valence-electron chi connectivity index (χ4n) is 3.42. The highest BCUT2D eigenvalue weighted by Gasteiger charge is 2.27. The summed E-state index contributed by atoms with van der Waals surface area (Å²) >= 11 is 0. The molecule has 3 aromatic rings. The standard InChI is InChI=1S/C20H22N4O3/c1-26-16-5-7-17(8-6-16)27-14-15-4-2-10-23(13-15)20(25)18-12-22-24-11-3-9-21-19(18)24/h3,5-9,11-12,15H,2,4,10,13-14H2,1H3/t15-/m0/s1. The minimum atomic E-state index is -0.0159. The van der Waals surface area contributed by atoms with Crippen LogP contribution in [0.4, 0.5) is 0 Å². The van der Waals surface area contributed by atoms with Crippen LogP contribution < -0.4 is 9.47 Å². The molecule has 7 heteroatoms. The van der Waals surface area contributed by atoms with Crippen LogP contribution >= 0.6 is 0 Å². The third kappa shape index (κ3) is 3.72. The zero-order chi connectivity index (χ0) is 18.6. The van der Waals surface area contributed by atoms with Crippen LogP contribution in [-0.2, 0) is 0 Å². The molecule has 4 rings (SSSR count). The second-order valence-electron chi connectivity index (χ2n) is 6.69. The van der Waals surface area contributed by atoms with Gasteiger partial charge in [0.1, 0.15) is 17.1 Å². The van der Waals surface area contributed by atoms with Crippen LogP contribution in [-0.4, -0.2) is 52.2 Å². The molecule has 1 aromatic carbocycles. The number of carbonyl (C=O) groups is 1. The normalized spacial score (nSPS) is 17.1. The van der Waals surface area contributed by atoms with Crippen molar-refractivity contribution in [2.75, 3.05) is 26.8 Å². The molecule has 1 fully saturated rings. The maximum absolute atomic E-state index is 12.9. The van der Waals surface area contributed by atoms with Crippen LogP contribution in [0.2, 0.25) is 0 Å². The molecule has 1 saturated heterocycles. The second-order valence-corrected chi connectivity index (χ2v) is 6.69. The summed E-state index contributed by atoms with van der Waals surface area (Å²) in [6, 6.07) is 9.35. The zero-order valence-electron chi connectivity index (χ0n) is 15.2. The highest BCUT2D eigenvalue weighted by molar-refractivity contribution is 5.99. The summed E-state index contributed by atoms with van der Waals surface area (Å²) < 4.78 is 12.7. The van der Waals surface area contributed by atoms with E-state index >= 15 is 0 Å². The summed E-state index contributed by atoms with van der Waals surface area (Å²) in [5.41, 5.74) is 1.14. The van der Waals surface area contributed by atoms with E-state index in [9.17, 15) is 4.79 Å². The Bertz CT molecular complexity index is 922. The lowest BCUT2D eigenvalue weighted by molar-refractivity contribution is 0.0635. The first-order valence-corrected chi connectivity index (χ1v) is 9.09. The number of methoxy groups -OCH3 is 1. The van der Waals surface area contributed by atoms with Crippen LogP contribution in [0.3, 0.4) is 0 Å². The Labute approximate surface area is 157 Å². The molecule has 27 heavy (non-hydrogen) atoms. The van der Waals surface area contributed by atoms with Gasteiger partial charge >= 0.3 is 0 Å². The molecule has 1 amide bonds. The first-order chi connectivity index (χ1) is 13.2. The Morgan fingerprint density at radius 3 is 2.89 bits per heavy atom. The van der Waals surface area contributed by atoms with Gasteiger partial charge in [-0.1, -0.05) is 0 Å². The molecule has 3 heterocycles. The fourth-order valence-corrected chi connectivity index (χ4v) is 3.42. The van der Waals surface area contributed by atoms with E-state index in [2.05, 4.69) is 10.1 Å². The number of aromatic nitrogens is 3. The Hall–Kier alpha value is -3.09. The van der Waals surface area contributed by atoms with Gasteiger partial charge in [0.05, 0.1) is 19.9 Å². The van der Waals surface area contributed by atoms with E-state index in [4.69, 9.17) is 9.47 Å². The number of amides is 1. The SMILES string of the molecule is COc1ccc(OC[C@H]2CCCN(C(=O)c3cnn4cccnc34)C2)cc1. The van der Waals surface area contributed by atoms with Gasteiger partial charge in [-0.25, -0.2) is 9.50 Å². The Morgan fingerprint density at radius 1 is 1.26 bits per heavy atom. The van der Waals surface area contributed by atoms with Crippen LogP contribution in [0.15, 0.2) is 48.9 Å². The van der Waals surface area contributed by atoms with E-state index < -0.39 is 0 Å². The maximum atomic E-state index is 12.9. The summed E-state index contributed by atoms with van der Waals surface area (Å²) in [5, 5.41) is 4.22. The summed E-state index contributed by atoms with van der Waals surface area (Å²) in [7, 11) is 1.64. The van der Waals surface area contributed by atoms with E-state index in [1.807, 2.05) is 29.2 Å². The summed E-state index contributed by atoms with van der Waals surface area (Å²) in [4.78, 5) is 19.1. The molecule has 0 saturated carbocycles. The van der Waals surface area contributed by atoms with Crippen LogP contribution in [0.1, 0.15) is 23.2 Å². The number of benzene rings is 1. The number of hydrogen-bond acceptors (Lipinski definition) is 5. The van der Waals surface area contributed by atoms with E-state index in [-0.39, 0.29) is 5.91 Å². The minimum Gasteiger partial charge on any atom is -0.497 e. The lowest BCUT2D eigenvalue weighted by Crippen LogP contribution is -2.41. The van der Waals surface area contributed by atoms with Crippen molar-refractivity contribution in [3.05, 3.63) is 54.5 Å². The van der Waals surface area contributed by atoms with Crippen molar-refractivity contribution in [1.29, 1.82) is 0 Å². The van der Waals surface area contributed by atoms with Crippen molar-refractivity contribution in [2.24, 2.45) is 5.92 Å². The molecular weight excluding hydrogens is 344 g/mol. The smallest absolute Gasteiger partial charge is 0.259 e. The van der Waals surface area contributed by atoms with Gasteiger partial charge in [-0.05, 0) is 43.2 Å². The zero-order valence-corrected chi connectivity index (χ0v) is 15.2.